The van der Waals surface area contributed by atoms with Crippen LogP contribution >= 0.6 is 0 Å². The van der Waals surface area contributed by atoms with E-state index in [1.54, 1.807) is 7.11 Å². The highest BCUT2D eigenvalue weighted by molar-refractivity contribution is 5.84. The van der Waals surface area contributed by atoms with E-state index in [0.29, 0.717) is 13.1 Å². The monoisotopic (exact) mass is 469 g/mol. The molecular weight excluding hydrogens is 438 g/mol. The number of nitrogens with zero attached hydrogens (tertiary/aromatic N) is 3. The summed E-state index contributed by atoms with van der Waals surface area (Å²) in [5.74, 6) is 1.90. The number of anilines is 1. The number of carbonyl (C=O) groups excluding carboxylic acids is 1. The number of aromatic amines is 1. The maximum absolute atomic E-state index is 12.9. The highest BCUT2D eigenvalue weighted by atomic mass is 16.5. The van der Waals surface area contributed by atoms with Gasteiger partial charge in [0, 0.05) is 61.9 Å². The van der Waals surface area contributed by atoms with Gasteiger partial charge in [-0.2, -0.15) is 0 Å². The number of carbonyl (C=O) groups is 1. The Kier molecular flexibility index (Phi) is 6.95. The molecule has 1 aliphatic rings. The third-order valence-electron chi connectivity index (χ3n) is 6.73. The number of ether oxygens (including phenoxy) is 1. The van der Waals surface area contributed by atoms with Crippen molar-refractivity contribution in [3.05, 3.63) is 90.3 Å². The lowest BCUT2D eigenvalue weighted by Gasteiger charge is -2.35. The molecule has 180 valence electrons. The van der Waals surface area contributed by atoms with Crippen LogP contribution in [0.2, 0.25) is 0 Å². The molecule has 2 N–H and O–H groups in total. The van der Waals surface area contributed by atoms with Gasteiger partial charge in [0.25, 0.3) is 0 Å². The van der Waals surface area contributed by atoms with E-state index in [2.05, 4.69) is 55.5 Å². The molecular formula is C28H31N5O2. The molecule has 0 unspecified atom stereocenters. The largest absolute Gasteiger partial charge is 0.497 e. The average molecular weight is 470 g/mol. The Morgan fingerprint density at radius 2 is 1.80 bits per heavy atom. The predicted molar refractivity (Wildman–Crippen MR) is 139 cm³/mol. The molecule has 3 heterocycles. The molecule has 5 rings (SSSR count). The number of H-pyrrole nitrogens is 1. The molecule has 0 spiro atoms. The van der Waals surface area contributed by atoms with E-state index in [1.807, 2.05) is 48.7 Å². The molecule has 1 atom stereocenters. The van der Waals surface area contributed by atoms with E-state index < -0.39 is 0 Å². The number of hydrogen-bond acceptors (Lipinski definition) is 5. The van der Waals surface area contributed by atoms with Crippen molar-refractivity contribution in [1.29, 1.82) is 0 Å². The molecule has 0 aliphatic carbocycles. The molecule has 0 bridgehead atoms. The van der Waals surface area contributed by atoms with E-state index in [1.165, 1.54) is 10.9 Å². The van der Waals surface area contributed by atoms with Gasteiger partial charge in [0.1, 0.15) is 11.6 Å². The van der Waals surface area contributed by atoms with Crippen LogP contribution in [-0.2, 0) is 4.79 Å². The van der Waals surface area contributed by atoms with Gasteiger partial charge >= 0.3 is 0 Å². The zero-order chi connectivity index (χ0) is 24.0. The van der Waals surface area contributed by atoms with Crippen LogP contribution in [0.15, 0.2) is 79.1 Å². The van der Waals surface area contributed by atoms with Crippen molar-refractivity contribution in [1.82, 2.24) is 20.2 Å². The van der Waals surface area contributed by atoms with Gasteiger partial charge in [0.2, 0.25) is 5.91 Å². The Bertz CT molecular complexity index is 1250. The van der Waals surface area contributed by atoms with Crippen LogP contribution < -0.4 is 15.0 Å². The second-order valence-electron chi connectivity index (χ2n) is 8.87. The van der Waals surface area contributed by atoms with Crippen LogP contribution in [-0.4, -0.2) is 67.2 Å². The van der Waals surface area contributed by atoms with Crippen molar-refractivity contribution in [3.63, 3.8) is 0 Å². The number of pyridine rings is 1. The number of methoxy groups -OCH3 is 1. The summed E-state index contributed by atoms with van der Waals surface area (Å²) in [7, 11) is 1.67. The molecule has 1 amide bonds. The molecule has 1 aliphatic heterocycles. The fourth-order valence-electron chi connectivity index (χ4n) is 4.78. The number of aromatic nitrogens is 2. The molecule has 35 heavy (non-hydrogen) atoms. The summed E-state index contributed by atoms with van der Waals surface area (Å²) < 4.78 is 5.34. The van der Waals surface area contributed by atoms with Crippen LogP contribution in [0, 0.1) is 0 Å². The van der Waals surface area contributed by atoms with Crippen molar-refractivity contribution < 1.29 is 9.53 Å². The van der Waals surface area contributed by atoms with Crippen molar-refractivity contribution in [2.75, 3.05) is 51.3 Å². The van der Waals surface area contributed by atoms with Gasteiger partial charge in [-0.25, -0.2) is 4.98 Å². The summed E-state index contributed by atoms with van der Waals surface area (Å²) in [5, 5.41) is 4.38. The van der Waals surface area contributed by atoms with Crippen LogP contribution in [0.1, 0.15) is 17.0 Å². The fourth-order valence-corrected chi connectivity index (χ4v) is 4.78. The second-order valence-corrected chi connectivity index (χ2v) is 8.87. The zero-order valence-electron chi connectivity index (χ0n) is 20.0. The quantitative estimate of drug-likeness (QED) is 0.412. The maximum Gasteiger partial charge on any atom is 0.234 e. The van der Waals surface area contributed by atoms with Crippen molar-refractivity contribution in [2.45, 2.75) is 5.92 Å². The van der Waals surface area contributed by atoms with Crippen molar-refractivity contribution in [3.8, 4) is 5.75 Å². The number of hydrogen-bond donors (Lipinski definition) is 2. The van der Waals surface area contributed by atoms with Gasteiger partial charge in [-0.3, -0.25) is 9.69 Å². The van der Waals surface area contributed by atoms with Crippen molar-refractivity contribution in [2.24, 2.45) is 0 Å². The fraction of sp³-hybridized carbons (Fsp3) is 0.286. The molecule has 7 heteroatoms. The van der Waals surface area contributed by atoms with Crippen LogP contribution in [0.25, 0.3) is 10.9 Å². The number of benzene rings is 2. The smallest absolute Gasteiger partial charge is 0.234 e. The van der Waals surface area contributed by atoms with Crippen LogP contribution in [0.5, 0.6) is 5.75 Å². The van der Waals surface area contributed by atoms with E-state index in [4.69, 9.17) is 4.74 Å². The lowest BCUT2D eigenvalue weighted by Crippen LogP contribution is -2.50. The summed E-state index contributed by atoms with van der Waals surface area (Å²) >= 11 is 0. The minimum Gasteiger partial charge on any atom is -0.497 e. The second kappa shape index (κ2) is 10.6. The van der Waals surface area contributed by atoms with Gasteiger partial charge in [0.15, 0.2) is 0 Å². The molecule has 1 saturated heterocycles. The number of amides is 1. The standard InChI is InChI=1S/C28H31N5O2/c1-35-22-11-9-21(10-12-22)24(25-19-30-26-7-3-2-6-23(25)26)18-31-28(34)20-32-14-16-33(17-15-32)27-8-4-5-13-29-27/h2-13,19,24,30H,14-18,20H2,1H3,(H,31,34)/t24-/m0/s1. The predicted octanol–water partition coefficient (Wildman–Crippen LogP) is 3.64. The minimum atomic E-state index is 0.0296. The van der Waals surface area contributed by atoms with Gasteiger partial charge in [0.05, 0.1) is 13.7 Å². The number of rotatable bonds is 8. The van der Waals surface area contributed by atoms with Gasteiger partial charge < -0.3 is 19.9 Å². The third-order valence-corrected chi connectivity index (χ3v) is 6.73. The summed E-state index contributed by atoms with van der Waals surface area (Å²) in [6.45, 7) is 4.35. The Balaban J connectivity index is 1.24. The lowest BCUT2D eigenvalue weighted by atomic mass is 9.90. The van der Waals surface area contributed by atoms with Gasteiger partial charge in [-0.05, 0) is 41.5 Å². The lowest BCUT2D eigenvalue weighted by molar-refractivity contribution is -0.122. The highest BCUT2D eigenvalue weighted by Gasteiger charge is 2.22. The zero-order valence-corrected chi connectivity index (χ0v) is 20.0. The van der Waals surface area contributed by atoms with Crippen LogP contribution in [0.3, 0.4) is 0 Å². The molecule has 2 aromatic heterocycles. The summed E-state index contributed by atoms with van der Waals surface area (Å²) in [6, 6.07) is 22.4. The number of nitrogens with one attached hydrogen (secondary N) is 2. The molecule has 0 radical (unpaired) electrons. The highest BCUT2D eigenvalue weighted by Crippen LogP contribution is 2.31. The van der Waals surface area contributed by atoms with E-state index in [-0.39, 0.29) is 11.8 Å². The first-order valence-electron chi connectivity index (χ1n) is 12.1. The molecule has 1 fully saturated rings. The topological polar surface area (TPSA) is 73.5 Å². The maximum atomic E-state index is 12.9. The number of para-hydroxylation sites is 1. The first-order chi connectivity index (χ1) is 17.2. The van der Waals surface area contributed by atoms with E-state index in [0.717, 1.165) is 48.8 Å². The minimum absolute atomic E-state index is 0.0296. The summed E-state index contributed by atoms with van der Waals surface area (Å²) in [4.78, 5) is 25.2. The molecule has 2 aromatic carbocycles. The first kappa shape index (κ1) is 22.9. The van der Waals surface area contributed by atoms with Crippen LogP contribution in [0.4, 0.5) is 5.82 Å². The van der Waals surface area contributed by atoms with Crippen molar-refractivity contribution >= 4 is 22.6 Å². The average Bonchev–Trinajstić information content (AvgIpc) is 3.34. The summed E-state index contributed by atoms with van der Waals surface area (Å²) in [5.41, 5.74) is 3.41. The number of fused-ring (bicyclic) bond motifs is 1. The first-order valence-corrected chi connectivity index (χ1v) is 12.1. The number of piperazine rings is 1. The van der Waals surface area contributed by atoms with Gasteiger partial charge in [-0.1, -0.05) is 36.4 Å². The Labute approximate surface area is 205 Å². The van der Waals surface area contributed by atoms with E-state index >= 15 is 0 Å². The molecule has 0 saturated carbocycles. The Hall–Kier alpha value is -3.84. The normalized spacial score (nSPS) is 15.2. The Morgan fingerprint density at radius 1 is 1.03 bits per heavy atom. The van der Waals surface area contributed by atoms with Gasteiger partial charge in [-0.15, -0.1) is 0 Å². The molecule has 4 aromatic rings. The SMILES string of the molecule is COc1ccc([C@H](CNC(=O)CN2CCN(c3ccccn3)CC2)c2c[nH]c3ccccc23)cc1. The van der Waals surface area contributed by atoms with E-state index in [9.17, 15) is 4.79 Å². The molecule has 7 nitrogen and oxygen atoms in total. The third kappa shape index (κ3) is 5.30. The summed E-state index contributed by atoms with van der Waals surface area (Å²) in [6.07, 6.45) is 3.88. The Morgan fingerprint density at radius 3 is 2.54 bits per heavy atom.